The lowest BCUT2D eigenvalue weighted by atomic mass is 10.4. The molecule has 0 unspecified atom stereocenters. The number of hydrogen-bond acceptors (Lipinski definition) is 9. The molecular formula is C11H14N6O4. The van der Waals surface area contributed by atoms with Crippen molar-refractivity contribution in [2.75, 3.05) is 26.6 Å². The zero-order chi connectivity index (χ0) is 15.4. The van der Waals surface area contributed by atoms with E-state index in [0.29, 0.717) is 0 Å². The second-order valence-electron chi connectivity index (χ2n) is 3.71. The van der Waals surface area contributed by atoms with Gasteiger partial charge < -0.3 is 19.9 Å². The standard InChI is InChI=1S/C11H14N6O4/c1-4-21-8(18)7-6(12)5-17(16-7)9-13-10(19-2)15-11(14-9)20-3/h5H,4,12H2,1-3H3. The molecule has 2 aromatic rings. The van der Waals surface area contributed by atoms with E-state index in [-0.39, 0.29) is 36.0 Å². The molecule has 0 radical (unpaired) electrons. The van der Waals surface area contributed by atoms with Gasteiger partial charge in [-0.1, -0.05) is 0 Å². The third-order valence-corrected chi connectivity index (χ3v) is 2.36. The van der Waals surface area contributed by atoms with Crippen molar-refractivity contribution in [3.8, 4) is 18.0 Å². The first kappa shape index (κ1) is 14.5. The van der Waals surface area contributed by atoms with Crippen LogP contribution >= 0.6 is 0 Å². The van der Waals surface area contributed by atoms with E-state index in [1.54, 1.807) is 6.92 Å². The fraction of sp³-hybridized carbons (Fsp3) is 0.364. The molecule has 0 atom stereocenters. The van der Waals surface area contributed by atoms with Gasteiger partial charge in [0.25, 0.3) is 5.95 Å². The van der Waals surface area contributed by atoms with Gasteiger partial charge in [0.2, 0.25) is 0 Å². The quantitative estimate of drug-likeness (QED) is 0.747. The molecule has 10 heteroatoms. The zero-order valence-corrected chi connectivity index (χ0v) is 11.7. The van der Waals surface area contributed by atoms with Gasteiger partial charge in [-0.2, -0.15) is 15.1 Å². The molecule has 0 bridgehead atoms. The third kappa shape index (κ3) is 2.99. The van der Waals surface area contributed by atoms with E-state index < -0.39 is 5.97 Å². The average Bonchev–Trinajstić information content (AvgIpc) is 2.89. The van der Waals surface area contributed by atoms with Crippen LogP contribution in [0.4, 0.5) is 5.69 Å². The molecule has 0 aromatic carbocycles. The van der Waals surface area contributed by atoms with Crippen LogP contribution < -0.4 is 15.2 Å². The Morgan fingerprint density at radius 2 is 1.86 bits per heavy atom. The van der Waals surface area contributed by atoms with Crippen LogP contribution in [0.1, 0.15) is 17.4 Å². The summed E-state index contributed by atoms with van der Waals surface area (Å²) >= 11 is 0. The fourth-order valence-corrected chi connectivity index (χ4v) is 1.46. The summed E-state index contributed by atoms with van der Waals surface area (Å²) in [5.74, 6) is -0.525. The smallest absolute Gasteiger partial charge is 0.361 e. The maximum absolute atomic E-state index is 11.7. The molecule has 112 valence electrons. The van der Waals surface area contributed by atoms with Crippen LogP contribution in [0.3, 0.4) is 0 Å². The number of nitrogens with zero attached hydrogens (tertiary/aromatic N) is 5. The Morgan fingerprint density at radius 3 is 2.38 bits per heavy atom. The number of aromatic nitrogens is 5. The molecular weight excluding hydrogens is 280 g/mol. The second-order valence-corrected chi connectivity index (χ2v) is 3.71. The summed E-state index contributed by atoms with van der Waals surface area (Å²) in [7, 11) is 2.81. The summed E-state index contributed by atoms with van der Waals surface area (Å²) in [6.45, 7) is 1.91. The number of ether oxygens (including phenoxy) is 3. The number of nitrogen functional groups attached to an aromatic ring is 1. The van der Waals surface area contributed by atoms with Crippen molar-refractivity contribution >= 4 is 11.7 Å². The molecule has 0 fully saturated rings. The highest BCUT2D eigenvalue weighted by Crippen LogP contribution is 2.16. The van der Waals surface area contributed by atoms with Crippen molar-refractivity contribution in [2.24, 2.45) is 0 Å². The molecule has 0 aliphatic rings. The van der Waals surface area contributed by atoms with Crippen LogP contribution in [0.15, 0.2) is 6.20 Å². The number of hydrogen-bond donors (Lipinski definition) is 1. The molecule has 0 aliphatic carbocycles. The summed E-state index contributed by atoms with van der Waals surface area (Å²) < 4.78 is 15.9. The van der Waals surface area contributed by atoms with Gasteiger partial charge in [0.05, 0.1) is 32.7 Å². The Balaban J connectivity index is 2.43. The molecule has 0 spiro atoms. The van der Waals surface area contributed by atoms with Gasteiger partial charge in [-0.05, 0) is 6.92 Å². The van der Waals surface area contributed by atoms with Crippen molar-refractivity contribution in [3.63, 3.8) is 0 Å². The zero-order valence-electron chi connectivity index (χ0n) is 11.7. The molecule has 21 heavy (non-hydrogen) atoms. The molecule has 2 aromatic heterocycles. The van der Waals surface area contributed by atoms with E-state index in [1.807, 2.05) is 0 Å². The lowest BCUT2D eigenvalue weighted by Crippen LogP contribution is -2.10. The predicted molar refractivity (Wildman–Crippen MR) is 70.4 cm³/mol. The Morgan fingerprint density at radius 1 is 1.24 bits per heavy atom. The molecule has 10 nitrogen and oxygen atoms in total. The van der Waals surface area contributed by atoms with Crippen molar-refractivity contribution in [1.82, 2.24) is 24.7 Å². The van der Waals surface area contributed by atoms with E-state index in [9.17, 15) is 4.79 Å². The van der Waals surface area contributed by atoms with Crippen LogP contribution in [-0.4, -0.2) is 51.5 Å². The van der Waals surface area contributed by atoms with Crippen molar-refractivity contribution < 1.29 is 19.0 Å². The minimum atomic E-state index is -0.623. The molecule has 0 aliphatic heterocycles. The van der Waals surface area contributed by atoms with Gasteiger partial charge in [0.15, 0.2) is 5.69 Å². The van der Waals surface area contributed by atoms with Crippen molar-refractivity contribution in [2.45, 2.75) is 6.92 Å². The number of nitrogens with two attached hydrogens (primary N) is 1. The molecule has 0 saturated heterocycles. The molecule has 2 N–H and O–H groups in total. The largest absolute Gasteiger partial charge is 0.467 e. The lowest BCUT2D eigenvalue weighted by molar-refractivity contribution is 0.0520. The average molecular weight is 294 g/mol. The van der Waals surface area contributed by atoms with Gasteiger partial charge in [0, 0.05) is 0 Å². The fourth-order valence-electron chi connectivity index (χ4n) is 1.46. The Labute approximate surface area is 119 Å². The van der Waals surface area contributed by atoms with Crippen molar-refractivity contribution in [1.29, 1.82) is 0 Å². The first-order valence-corrected chi connectivity index (χ1v) is 5.95. The Bertz CT molecular complexity index is 634. The minimum absolute atomic E-state index is 0.0183. The Kier molecular flexibility index (Phi) is 4.16. The Hall–Kier alpha value is -2.91. The van der Waals surface area contributed by atoms with Gasteiger partial charge in [-0.15, -0.1) is 4.98 Å². The monoisotopic (exact) mass is 294 g/mol. The first-order valence-electron chi connectivity index (χ1n) is 5.95. The van der Waals surface area contributed by atoms with Crippen LogP contribution in [0, 0.1) is 0 Å². The van der Waals surface area contributed by atoms with E-state index in [0.717, 1.165) is 0 Å². The molecule has 0 saturated carbocycles. The highest BCUT2D eigenvalue weighted by atomic mass is 16.5. The van der Waals surface area contributed by atoms with E-state index in [2.05, 4.69) is 20.1 Å². The van der Waals surface area contributed by atoms with E-state index in [1.165, 1.54) is 25.1 Å². The number of carbonyl (C=O) groups is 1. The van der Waals surface area contributed by atoms with Crippen LogP contribution in [0.2, 0.25) is 0 Å². The summed E-state index contributed by atoms with van der Waals surface area (Å²) in [6.07, 6.45) is 1.39. The number of anilines is 1. The minimum Gasteiger partial charge on any atom is -0.467 e. The SMILES string of the molecule is CCOC(=O)c1nn(-c2nc(OC)nc(OC)n2)cc1N. The number of esters is 1. The van der Waals surface area contributed by atoms with Gasteiger partial charge in [-0.25, -0.2) is 9.48 Å². The van der Waals surface area contributed by atoms with Crippen molar-refractivity contribution in [3.05, 3.63) is 11.9 Å². The second kappa shape index (κ2) is 6.03. The number of methoxy groups -OCH3 is 2. The first-order chi connectivity index (χ1) is 10.1. The summed E-state index contributed by atoms with van der Waals surface area (Å²) in [5, 5.41) is 4.00. The highest BCUT2D eigenvalue weighted by molar-refractivity contribution is 5.92. The topological polar surface area (TPSA) is 127 Å². The van der Waals surface area contributed by atoms with Crippen LogP contribution in [-0.2, 0) is 4.74 Å². The van der Waals surface area contributed by atoms with Gasteiger partial charge >= 0.3 is 18.0 Å². The predicted octanol–water partition coefficient (Wildman–Crippen LogP) is -0.167. The summed E-state index contributed by atoms with van der Waals surface area (Å²) in [6, 6.07) is 0.0900. The highest BCUT2D eigenvalue weighted by Gasteiger charge is 2.18. The number of rotatable bonds is 5. The van der Waals surface area contributed by atoms with E-state index >= 15 is 0 Å². The maximum Gasteiger partial charge on any atom is 0.361 e. The van der Waals surface area contributed by atoms with Gasteiger partial charge in [-0.3, -0.25) is 0 Å². The van der Waals surface area contributed by atoms with Crippen LogP contribution in [0.25, 0.3) is 5.95 Å². The summed E-state index contributed by atoms with van der Waals surface area (Å²) in [4.78, 5) is 23.5. The van der Waals surface area contributed by atoms with E-state index in [4.69, 9.17) is 19.9 Å². The van der Waals surface area contributed by atoms with Crippen LogP contribution in [0.5, 0.6) is 12.0 Å². The lowest BCUT2D eigenvalue weighted by Gasteiger charge is -2.04. The number of carbonyl (C=O) groups excluding carboxylic acids is 1. The molecule has 2 rings (SSSR count). The maximum atomic E-state index is 11.7. The molecule has 2 heterocycles. The normalized spacial score (nSPS) is 10.2. The molecule has 0 amide bonds. The third-order valence-electron chi connectivity index (χ3n) is 2.36. The summed E-state index contributed by atoms with van der Waals surface area (Å²) in [5.41, 5.74) is 5.86. The van der Waals surface area contributed by atoms with Gasteiger partial charge in [0.1, 0.15) is 0 Å².